The van der Waals surface area contributed by atoms with Crippen LogP contribution in [0.5, 0.6) is 0 Å². The van der Waals surface area contributed by atoms with Crippen molar-refractivity contribution in [1.82, 2.24) is 15.0 Å². The van der Waals surface area contributed by atoms with Gasteiger partial charge in [-0.3, -0.25) is 14.1 Å². The molecule has 0 unspecified atom stereocenters. The summed E-state index contributed by atoms with van der Waals surface area (Å²) in [5, 5.41) is 20.5. The van der Waals surface area contributed by atoms with E-state index in [1.807, 2.05) is 0 Å². The van der Waals surface area contributed by atoms with Crippen LogP contribution in [0.15, 0.2) is 29.2 Å². The van der Waals surface area contributed by atoms with Crippen LogP contribution in [-0.2, 0) is 19.7 Å². The number of carbonyl (C=O) groups is 2. The van der Waals surface area contributed by atoms with Gasteiger partial charge in [0, 0.05) is 18.8 Å². The van der Waals surface area contributed by atoms with Gasteiger partial charge in [0.15, 0.2) is 0 Å². The first-order chi connectivity index (χ1) is 13.5. The molecule has 156 valence electrons. The monoisotopic (exact) mass is 426 g/mol. The molecule has 0 bridgehead atoms. The molecule has 29 heavy (non-hydrogen) atoms. The Morgan fingerprint density at radius 2 is 1.55 bits per heavy atom. The van der Waals surface area contributed by atoms with Crippen LogP contribution in [0.2, 0.25) is 0 Å². The largest absolute Gasteiger partial charge is 0.481 e. The summed E-state index contributed by atoms with van der Waals surface area (Å²) in [5.74, 6) is -2.39. The van der Waals surface area contributed by atoms with Crippen molar-refractivity contribution in [3.8, 4) is 0 Å². The molecular formula is C15H18N6O7S. The molecular weight excluding hydrogens is 408 g/mol. The number of hydrogen-bond donors (Lipinski definition) is 5. The quantitative estimate of drug-likeness (QED) is 0.322. The van der Waals surface area contributed by atoms with Gasteiger partial charge >= 0.3 is 11.9 Å². The number of carboxylic acid groups (broad SMARTS) is 2. The van der Waals surface area contributed by atoms with Gasteiger partial charge in [-0.2, -0.15) is 23.4 Å². The molecule has 0 spiro atoms. The maximum absolute atomic E-state index is 11.1. The number of rotatable bonds is 10. The van der Waals surface area contributed by atoms with Gasteiger partial charge in [-0.1, -0.05) is 0 Å². The highest BCUT2D eigenvalue weighted by Gasteiger charge is 2.16. The van der Waals surface area contributed by atoms with Crippen molar-refractivity contribution in [2.24, 2.45) is 0 Å². The molecule has 0 amide bonds. The fraction of sp³-hybridized carbons (Fsp3) is 0.267. The molecule has 6 N–H and O–H groups in total. The zero-order valence-corrected chi connectivity index (χ0v) is 15.7. The van der Waals surface area contributed by atoms with E-state index in [1.54, 1.807) is 0 Å². The Morgan fingerprint density at radius 1 is 1.00 bits per heavy atom. The average molecular weight is 426 g/mol. The van der Waals surface area contributed by atoms with E-state index in [9.17, 15) is 18.0 Å². The third-order valence-corrected chi connectivity index (χ3v) is 4.39. The first kappa shape index (κ1) is 21.8. The molecule has 1 heterocycles. The molecule has 0 fully saturated rings. The fourth-order valence-electron chi connectivity index (χ4n) is 2.19. The highest BCUT2D eigenvalue weighted by Crippen LogP contribution is 2.19. The summed E-state index contributed by atoms with van der Waals surface area (Å²) in [6.45, 7) is -0.0941. The van der Waals surface area contributed by atoms with Crippen molar-refractivity contribution < 1.29 is 32.8 Å². The number of hydrogen-bond acceptors (Lipinski definition) is 10. The van der Waals surface area contributed by atoms with Crippen LogP contribution in [0, 0.1) is 0 Å². The average Bonchev–Trinajstić information content (AvgIpc) is 2.60. The number of anilines is 4. The Labute approximate surface area is 165 Å². The normalized spacial score (nSPS) is 11.1. The van der Waals surface area contributed by atoms with E-state index in [2.05, 4.69) is 20.3 Å². The molecule has 13 nitrogen and oxygen atoms in total. The van der Waals surface area contributed by atoms with Crippen molar-refractivity contribution in [1.29, 1.82) is 0 Å². The Balaban J connectivity index is 2.25. The standard InChI is InChI=1S/C15H18N6O7S/c16-13-18-14(17-9-1-3-10(4-2-9)29(26,27)28)20-15(19-13)21(7-5-11(22)23)8-6-12(24)25/h1-4H,5-8H2,(H,22,23)(H,24,25)(H,26,27,28)(H3,16,17,18,19,20). The Hall–Kier alpha value is -3.52. The summed E-state index contributed by atoms with van der Waals surface area (Å²) in [6, 6.07) is 5.04. The lowest BCUT2D eigenvalue weighted by Crippen LogP contribution is -2.31. The number of aliphatic carboxylic acids is 2. The predicted molar refractivity (Wildman–Crippen MR) is 100 cm³/mol. The molecule has 0 atom stereocenters. The van der Waals surface area contributed by atoms with E-state index in [0.717, 1.165) is 12.1 Å². The lowest BCUT2D eigenvalue weighted by molar-refractivity contribution is -0.137. The van der Waals surface area contributed by atoms with Crippen LogP contribution in [0.3, 0.4) is 0 Å². The van der Waals surface area contributed by atoms with Crippen molar-refractivity contribution in [2.75, 3.05) is 29.0 Å². The molecule has 0 saturated heterocycles. The van der Waals surface area contributed by atoms with E-state index in [0.29, 0.717) is 5.69 Å². The van der Waals surface area contributed by atoms with Gasteiger partial charge < -0.3 is 26.2 Å². The lowest BCUT2D eigenvalue weighted by atomic mass is 10.3. The molecule has 1 aromatic carbocycles. The van der Waals surface area contributed by atoms with Crippen molar-refractivity contribution >= 4 is 45.6 Å². The van der Waals surface area contributed by atoms with Crippen molar-refractivity contribution in [3.63, 3.8) is 0 Å². The molecule has 1 aromatic heterocycles. The zero-order chi connectivity index (χ0) is 21.6. The third kappa shape index (κ3) is 6.86. The summed E-state index contributed by atoms with van der Waals surface area (Å²) in [5.41, 5.74) is 6.04. The summed E-state index contributed by atoms with van der Waals surface area (Å²) >= 11 is 0. The van der Waals surface area contributed by atoms with Gasteiger partial charge in [0.1, 0.15) is 0 Å². The molecule has 2 rings (SSSR count). The summed E-state index contributed by atoms with van der Waals surface area (Å²) in [4.78, 5) is 34.7. The summed E-state index contributed by atoms with van der Waals surface area (Å²) in [7, 11) is -4.34. The summed E-state index contributed by atoms with van der Waals surface area (Å²) < 4.78 is 31.2. The maximum atomic E-state index is 11.1. The number of nitrogens with two attached hydrogens (primary N) is 1. The van der Waals surface area contributed by atoms with Crippen LogP contribution in [0.4, 0.5) is 23.5 Å². The zero-order valence-electron chi connectivity index (χ0n) is 14.9. The van der Waals surface area contributed by atoms with E-state index in [4.69, 9.17) is 20.5 Å². The van der Waals surface area contributed by atoms with Crippen LogP contribution in [0.25, 0.3) is 0 Å². The molecule has 0 aliphatic carbocycles. The number of nitrogens with zero attached hydrogens (tertiary/aromatic N) is 4. The van der Waals surface area contributed by atoms with E-state index < -0.39 is 22.1 Å². The summed E-state index contributed by atoms with van der Waals surface area (Å²) in [6.07, 6.45) is -0.546. The van der Waals surface area contributed by atoms with Gasteiger partial charge in [-0.15, -0.1) is 0 Å². The van der Waals surface area contributed by atoms with Crippen LogP contribution in [0.1, 0.15) is 12.8 Å². The minimum absolute atomic E-state index is 0.0166. The van der Waals surface area contributed by atoms with Crippen LogP contribution < -0.4 is 16.0 Å². The predicted octanol–water partition coefficient (Wildman–Crippen LogP) is 0.200. The number of nitrogens with one attached hydrogen (secondary N) is 1. The first-order valence-corrected chi connectivity index (χ1v) is 9.53. The molecule has 0 saturated carbocycles. The fourth-order valence-corrected chi connectivity index (χ4v) is 2.67. The highest BCUT2D eigenvalue weighted by molar-refractivity contribution is 7.85. The number of carboxylic acids is 2. The van der Waals surface area contributed by atoms with Gasteiger partial charge in [-0.05, 0) is 24.3 Å². The Morgan fingerprint density at radius 3 is 2.03 bits per heavy atom. The second-order valence-corrected chi connectivity index (χ2v) is 7.14. The molecule has 0 aliphatic rings. The first-order valence-electron chi connectivity index (χ1n) is 8.09. The highest BCUT2D eigenvalue weighted by atomic mass is 32.2. The van der Waals surface area contributed by atoms with Gasteiger partial charge in [0.05, 0.1) is 17.7 Å². The molecule has 2 aromatic rings. The minimum atomic E-state index is -4.34. The maximum Gasteiger partial charge on any atom is 0.305 e. The van der Waals surface area contributed by atoms with E-state index in [-0.39, 0.29) is 48.7 Å². The second-order valence-electron chi connectivity index (χ2n) is 5.72. The number of nitrogen functional groups attached to an aromatic ring is 1. The van der Waals surface area contributed by atoms with Crippen molar-refractivity contribution in [2.45, 2.75) is 17.7 Å². The molecule has 0 radical (unpaired) electrons. The van der Waals surface area contributed by atoms with E-state index in [1.165, 1.54) is 17.0 Å². The lowest BCUT2D eigenvalue weighted by Gasteiger charge is -2.21. The van der Waals surface area contributed by atoms with Crippen LogP contribution >= 0.6 is 0 Å². The number of aromatic nitrogens is 3. The Bertz CT molecular complexity index is 979. The smallest absolute Gasteiger partial charge is 0.305 e. The van der Waals surface area contributed by atoms with Gasteiger partial charge in [0.25, 0.3) is 10.1 Å². The Kier molecular flexibility index (Phi) is 6.84. The van der Waals surface area contributed by atoms with Crippen LogP contribution in [-0.4, -0.2) is 63.2 Å². The van der Waals surface area contributed by atoms with Crippen molar-refractivity contribution in [3.05, 3.63) is 24.3 Å². The van der Waals surface area contributed by atoms with Gasteiger partial charge in [0.2, 0.25) is 17.8 Å². The molecule has 0 aliphatic heterocycles. The third-order valence-electron chi connectivity index (χ3n) is 3.52. The number of benzene rings is 1. The van der Waals surface area contributed by atoms with E-state index >= 15 is 0 Å². The topological polar surface area (TPSA) is 209 Å². The second kappa shape index (κ2) is 9.11. The molecule has 14 heteroatoms. The van der Waals surface area contributed by atoms with Gasteiger partial charge in [-0.25, -0.2) is 0 Å². The SMILES string of the molecule is Nc1nc(Nc2ccc(S(=O)(=O)O)cc2)nc(N(CCC(=O)O)CCC(=O)O)n1. The minimum Gasteiger partial charge on any atom is -0.481 e.